The fourth-order valence-electron chi connectivity index (χ4n) is 1.88. The summed E-state index contributed by atoms with van der Waals surface area (Å²) in [5, 5.41) is 0. The molecule has 0 amide bonds. The minimum atomic E-state index is -2.88. The summed E-state index contributed by atoms with van der Waals surface area (Å²) in [6.07, 6.45) is 0.909. The highest BCUT2D eigenvalue weighted by Crippen LogP contribution is 2.39. The molecule has 0 unspecified atom stereocenters. The molecule has 0 N–H and O–H groups in total. The van der Waals surface area contributed by atoms with Gasteiger partial charge in [0, 0.05) is 5.56 Å². The Bertz CT molecular complexity index is 434. The summed E-state index contributed by atoms with van der Waals surface area (Å²) in [4.78, 5) is 21.7. The van der Waals surface area contributed by atoms with Gasteiger partial charge >= 0.3 is 0 Å². The molecular formula is C15H23O3P-2. The fraction of sp³-hybridized carbons (Fsp3) is 0.600. The molecule has 1 rings (SSSR count). The molecule has 0 bridgehead atoms. The van der Waals surface area contributed by atoms with Crippen molar-refractivity contribution in [3.63, 3.8) is 0 Å². The van der Waals surface area contributed by atoms with Gasteiger partial charge in [0.15, 0.2) is 0 Å². The van der Waals surface area contributed by atoms with E-state index in [1.807, 2.05) is 6.07 Å². The predicted molar refractivity (Wildman–Crippen MR) is 76.0 cm³/mol. The molecule has 0 saturated heterocycles. The lowest BCUT2D eigenvalue weighted by Gasteiger charge is -2.35. The molecular weight excluding hydrogens is 259 g/mol. The van der Waals surface area contributed by atoms with Gasteiger partial charge in [0.1, 0.15) is 5.75 Å². The molecule has 0 saturated carbocycles. The third-order valence-corrected chi connectivity index (χ3v) is 3.98. The molecule has 0 aliphatic rings. The highest BCUT2D eigenvalue weighted by atomic mass is 31.2. The number of benzene rings is 1. The lowest BCUT2D eigenvalue weighted by Crippen LogP contribution is -2.21. The van der Waals surface area contributed by atoms with Crippen molar-refractivity contribution in [2.75, 3.05) is 0 Å². The van der Waals surface area contributed by atoms with E-state index in [1.165, 1.54) is 5.56 Å². The zero-order valence-electron chi connectivity index (χ0n) is 12.6. The topological polar surface area (TPSA) is 55.3 Å². The van der Waals surface area contributed by atoms with Crippen molar-refractivity contribution in [1.82, 2.24) is 0 Å². The minimum absolute atomic E-state index is 0.0246. The summed E-state index contributed by atoms with van der Waals surface area (Å²) in [7, 11) is -2.88. The van der Waals surface area contributed by atoms with Crippen molar-refractivity contribution in [2.24, 2.45) is 0 Å². The van der Waals surface area contributed by atoms with Gasteiger partial charge < -0.3 is 14.3 Å². The average molecular weight is 282 g/mol. The Balaban J connectivity index is 3.34. The zero-order chi connectivity index (χ0) is 14.8. The summed E-state index contributed by atoms with van der Waals surface area (Å²) >= 11 is 0. The SMILES string of the molecule is CCC(C)(C)c1cc(C(C)(C)C)ccc1OP([O-])[O-]. The van der Waals surface area contributed by atoms with E-state index in [9.17, 15) is 9.79 Å². The first-order valence-electron chi connectivity index (χ1n) is 6.55. The van der Waals surface area contributed by atoms with Crippen molar-refractivity contribution < 1.29 is 14.3 Å². The smallest absolute Gasteiger partial charge is 0.123 e. The summed E-state index contributed by atoms with van der Waals surface area (Å²) in [5.74, 6) is 0.441. The van der Waals surface area contributed by atoms with Gasteiger partial charge in [-0.25, -0.2) is 0 Å². The molecule has 0 radical (unpaired) electrons. The van der Waals surface area contributed by atoms with Crippen LogP contribution < -0.4 is 14.3 Å². The van der Waals surface area contributed by atoms with E-state index in [4.69, 9.17) is 4.52 Å². The van der Waals surface area contributed by atoms with Gasteiger partial charge in [0.05, 0.1) is 0 Å². The molecule has 3 nitrogen and oxygen atoms in total. The Kier molecular flexibility index (Phi) is 5.00. The van der Waals surface area contributed by atoms with Gasteiger partial charge in [-0.1, -0.05) is 62.3 Å². The van der Waals surface area contributed by atoms with E-state index in [2.05, 4.69) is 47.6 Å². The van der Waals surface area contributed by atoms with Crippen molar-refractivity contribution in [3.8, 4) is 5.75 Å². The molecule has 1 aromatic rings. The van der Waals surface area contributed by atoms with Crippen LogP contribution in [0.2, 0.25) is 0 Å². The molecule has 1 aromatic carbocycles. The minimum Gasteiger partial charge on any atom is -0.810 e. The molecule has 0 aliphatic carbocycles. The number of rotatable bonds is 4. The Morgan fingerprint density at radius 2 is 1.68 bits per heavy atom. The van der Waals surface area contributed by atoms with Gasteiger partial charge in [-0.2, -0.15) is 0 Å². The van der Waals surface area contributed by atoms with Crippen LogP contribution in [-0.4, -0.2) is 0 Å². The Morgan fingerprint density at radius 3 is 2.11 bits per heavy atom. The van der Waals surface area contributed by atoms with Crippen LogP contribution in [0, 0.1) is 0 Å². The van der Waals surface area contributed by atoms with Crippen molar-refractivity contribution in [2.45, 2.75) is 58.8 Å². The number of hydrogen-bond acceptors (Lipinski definition) is 3. The van der Waals surface area contributed by atoms with E-state index in [-0.39, 0.29) is 10.8 Å². The van der Waals surface area contributed by atoms with Crippen LogP contribution in [0.3, 0.4) is 0 Å². The first-order valence-corrected chi connectivity index (χ1v) is 7.65. The standard InChI is InChI=1S/C15H23O3P/c1-7-15(5,6)12-10-11(14(2,3)4)8-9-13(12)18-19(16)17/h8-10H,7H2,1-6H3/q-2. The quantitative estimate of drug-likeness (QED) is 0.798. The Labute approximate surface area is 117 Å². The Hall–Kier alpha value is -0.630. The first-order chi connectivity index (χ1) is 8.58. The van der Waals surface area contributed by atoms with Crippen molar-refractivity contribution >= 4 is 8.60 Å². The fourth-order valence-corrected chi connectivity index (χ4v) is 2.20. The van der Waals surface area contributed by atoms with Crippen molar-refractivity contribution in [1.29, 1.82) is 0 Å². The molecule has 0 aliphatic heterocycles. The van der Waals surface area contributed by atoms with E-state index >= 15 is 0 Å². The molecule has 19 heavy (non-hydrogen) atoms. The van der Waals surface area contributed by atoms with Crippen LogP contribution in [0.4, 0.5) is 0 Å². The maximum atomic E-state index is 10.8. The average Bonchev–Trinajstić information content (AvgIpc) is 2.27. The van der Waals surface area contributed by atoms with E-state index in [0.29, 0.717) is 5.75 Å². The highest BCUT2D eigenvalue weighted by molar-refractivity contribution is 7.36. The van der Waals surface area contributed by atoms with Crippen LogP contribution in [0.1, 0.15) is 59.1 Å². The summed E-state index contributed by atoms with van der Waals surface area (Å²) in [6, 6.07) is 5.76. The highest BCUT2D eigenvalue weighted by Gasteiger charge is 2.25. The molecule has 108 valence electrons. The molecule has 0 atom stereocenters. The largest absolute Gasteiger partial charge is 0.810 e. The monoisotopic (exact) mass is 282 g/mol. The summed E-state index contributed by atoms with van der Waals surface area (Å²) < 4.78 is 4.95. The molecule has 0 heterocycles. The van der Waals surface area contributed by atoms with Crippen LogP contribution in [0.25, 0.3) is 0 Å². The maximum Gasteiger partial charge on any atom is 0.123 e. The lowest BCUT2D eigenvalue weighted by atomic mass is 9.78. The van der Waals surface area contributed by atoms with E-state index in [1.54, 1.807) is 6.07 Å². The normalized spacial score (nSPS) is 12.9. The second kappa shape index (κ2) is 5.78. The maximum absolute atomic E-state index is 10.8. The molecule has 0 fully saturated rings. The summed E-state index contributed by atoms with van der Waals surface area (Å²) in [6.45, 7) is 12.7. The van der Waals surface area contributed by atoms with Gasteiger partial charge in [-0.15, -0.1) is 0 Å². The van der Waals surface area contributed by atoms with Gasteiger partial charge in [-0.3, -0.25) is 0 Å². The van der Waals surface area contributed by atoms with Crippen LogP contribution in [-0.2, 0) is 10.8 Å². The third-order valence-electron chi connectivity index (χ3n) is 3.63. The summed E-state index contributed by atoms with van der Waals surface area (Å²) in [5.41, 5.74) is 2.03. The third kappa shape index (κ3) is 4.17. The molecule has 0 aromatic heterocycles. The second-order valence-electron chi connectivity index (χ2n) is 6.51. The van der Waals surface area contributed by atoms with Gasteiger partial charge in [0.2, 0.25) is 0 Å². The Morgan fingerprint density at radius 1 is 1.11 bits per heavy atom. The zero-order valence-corrected chi connectivity index (χ0v) is 13.5. The first kappa shape index (κ1) is 16.4. The molecule has 0 spiro atoms. The van der Waals surface area contributed by atoms with Gasteiger partial charge in [0.25, 0.3) is 0 Å². The van der Waals surface area contributed by atoms with Gasteiger partial charge in [-0.05, 0) is 28.9 Å². The van der Waals surface area contributed by atoms with E-state index < -0.39 is 8.60 Å². The molecule has 4 heteroatoms. The van der Waals surface area contributed by atoms with Crippen LogP contribution in [0.5, 0.6) is 5.75 Å². The second-order valence-corrected chi connectivity index (χ2v) is 7.14. The lowest BCUT2D eigenvalue weighted by molar-refractivity contribution is -0.310. The van der Waals surface area contributed by atoms with Crippen molar-refractivity contribution in [3.05, 3.63) is 29.3 Å². The van der Waals surface area contributed by atoms with Crippen LogP contribution >= 0.6 is 8.60 Å². The van der Waals surface area contributed by atoms with E-state index in [0.717, 1.165) is 12.0 Å². The predicted octanol–water partition coefficient (Wildman–Crippen LogP) is 3.00. The van der Waals surface area contributed by atoms with Crippen LogP contribution in [0.15, 0.2) is 18.2 Å². The number of hydrogen-bond donors (Lipinski definition) is 0.